The van der Waals surface area contributed by atoms with E-state index >= 15 is 0 Å². The minimum absolute atomic E-state index is 0.0589. The van der Waals surface area contributed by atoms with E-state index in [0.717, 1.165) is 30.6 Å². The highest BCUT2D eigenvalue weighted by Gasteiger charge is 2.22. The van der Waals surface area contributed by atoms with Gasteiger partial charge in [-0.1, -0.05) is 6.07 Å². The Hall–Kier alpha value is -3.04. The number of ether oxygens (including phenoxy) is 1. The third-order valence-corrected chi connectivity index (χ3v) is 5.16. The number of likely N-dealkylation sites (tertiary alicyclic amines) is 1. The highest BCUT2D eigenvalue weighted by Crippen LogP contribution is 2.20. The Morgan fingerprint density at radius 1 is 1.25 bits per heavy atom. The number of halogens is 1. The van der Waals surface area contributed by atoms with Crippen LogP contribution in [0.2, 0.25) is 0 Å². The molecule has 0 bridgehead atoms. The van der Waals surface area contributed by atoms with Gasteiger partial charge in [0.25, 0.3) is 0 Å². The molecule has 1 aromatic carbocycles. The molecule has 0 saturated carbocycles. The molecule has 0 aliphatic carbocycles. The number of nitrogens with one attached hydrogen (secondary N) is 3. The molecular formula is C23H30FN5O3. The summed E-state index contributed by atoms with van der Waals surface area (Å²) in [5, 5.41) is 8.21. The van der Waals surface area contributed by atoms with Crippen molar-refractivity contribution >= 4 is 23.3 Å². The topological polar surface area (TPSA) is 95.6 Å². The molecule has 0 radical (unpaired) electrons. The fourth-order valence-electron chi connectivity index (χ4n) is 3.63. The summed E-state index contributed by atoms with van der Waals surface area (Å²) in [6.45, 7) is 6.47. The molecule has 3 N–H and O–H groups in total. The lowest BCUT2D eigenvalue weighted by Crippen LogP contribution is -2.48. The van der Waals surface area contributed by atoms with Crippen LogP contribution in [0.1, 0.15) is 31.0 Å². The zero-order chi connectivity index (χ0) is 22.9. The van der Waals surface area contributed by atoms with E-state index in [1.807, 2.05) is 13.8 Å². The highest BCUT2D eigenvalue weighted by molar-refractivity contribution is 5.99. The number of piperidine rings is 1. The van der Waals surface area contributed by atoms with Gasteiger partial charge >= 0.3 is 6.03 Å². The Labute approximate surface area is 187 Å². The van der Waals surface area contributed by atoms with Crippen molar-refractivity contribution in [2.75, 3.05) is 36.9 Å². The van der Waals surface area contributed by atoms with E-state index in [9.17, 15) is 14.0 Å². The normalized spacial score (nSPS) is 16.4. The first-order valence-corrected chi connectivity index (χ1v) is 10.8. The van der Waals surface area contributed by atoms with Crippen LogP contribution in [-0.4, -0.2) is 54.2 Å². The standard InChI is InChI=1S/C23H30FN5O3/c1-3-32-15-22(30)26-19-5-4-10-29(14-19)13-17-7-9-20(24)21(11-17)28-23(31)27-18-8-6-16(2)25-12-18/h6-9,11-12,19H,3-5,10,13-15H2,1-2H3,(H,26,30)(H2,27,28,31)/t19-/m0/s1. The van der Waals surface area contributed by atoms with Crippen molar-refractivity contribution < 1.29 is 18.7 Å². The maximum atomic E-state index is 14.3. The summed E-state index contributed by atoms with van der Waals surface area (Å²) >= 11 is 0. The quantitative estimate of drug-likeness (QED) is 0.582. The van der Waals surface area contributed by atoms with E-state index in [0.29, 0.717) is 25.4 Å². The van der Waals surface area contributed by atoms with E-state index < -0.39 is 11.8 Å². The van der Waals surface area contributed by atoms with Crippen molar-refractivity contribution in [3.05, 3.63) is 53.6 Å². The van der Waals surface area contributed by atoms with Crippen LogP contribution in [-0.2, 0) is 16.1 Å². The van der Waals surface area contributed by atoms with Gasteiger partial charge in [-0.05, 0) is 63.1 Å². The molecule has 1 atom stereocenters. The van der Waals surface area contributed by atoms with Gasteiger partial charge in [0.15, 0.2) is 0 Å². The molecule has 1 saturated heterocycles. The molecule has 0 spiro atoms. The lowest BCUT2D eigenvalue weighted by atomic mass is 10.0. The fraction of sp³-hybridized carbons (Fsp3) is 0.435. The number of urea groups is 1. The number of hydrogen-bond donors (Lipinski definition) is 3. The Bertz CT molecular complexity index is 922. The number of benzene rings is 1. The van der Waals surface area contributed by atoms with E-state index in [1.165, 1.54) is 6.07 Å². The number of carbonyl (C=O) groups is 2. The predicted molar refractivity (Wildman–Crippen MR) is 121 cm³/mol. The van der Waals surface area contributed by atoms with E-state index in [4.69, 9.17) is 4.74 Å². The monoisotopic (exact) mass is 443 g/mol. The largest absolute Gasteiger partial charge is 0.372 e. The summed E-state index contributed by atoms with van der Waals surface area (Å²) in [7, 11) is 0. The van der Waals surface area contributed by atoms with Crippen molar-refractivity contribution in [1.29, 1.82) is 0 Å². The average Bonchev–Trinajstić information content (AvgIpc) is 2.76. The summed E-state index contributed by atoms with van der Waals surface area (Å²) in [6.07, 6.45) is 3.42. The zero-order valence-corrected chi connectivity index (χ0v) is 18.5. The molecular weight excluding hydrogens is 413 g/mol. The maximum Gasteiger partial charge on any atom is 0.323 e. The molecule has 8 nitrogen and oxygen atoms in total. The number of amides is 3. The van der Waals surface area contributed by atoms with Gasteiger partial charge in [-0.3, -0.25) is 14.7 Å². The second kappa shape index (κ2) is 11.5. The smallest absolute Gasteiger partial charge is 0.323 e. The summed E-state index contributed by atoms with van der Waals surface area (Å²) < 4.78 is 19.4. The molecule has 1 aliphatic heterocycles. The van der Waals surface area contributed by atoms with Gasteiger partial charge in [-0.2, -0.15) is 0 Å². The minimum Gasteiger partial charge on any atom is -0.372 e. The molecule has 9 heteroatoms. The van der Waals surface area contributed by atoms with Gasteiger partial charge in [0.05, 0.1) is 17.6 Å². The fourth-order valence-corrected chi connectivity index (χ4v) is 3.63. The molecule has 172 valence electrons. The average molecular weight is 444 g/mol. The molecule has 32 heavy (non-hydrogen) atoms. The minimum atomic E-state index is -0.540. The lowest BCUT2D eigenvalue weighted by molar-refractivity contribution is -0.126. The van der Waals surface area contributed by atoms with Gasteiger partial charge in [-0.25, -0.2) is 9.18 Å². The Balaban J connectivity index is 1.55. The van der Waals surface area contributed by atoms with Crippen molar-refractivity contribution in [3.8, 4) is 0 Å². The number of aromatic nitrogens is 1. The molecule has 3 rings (SSSR count). The number of pyridine rings is 1. The second-order valence-corrected chi connectivity index (χ2v) is 7.86. The first kappa shape index (κ1) is 23.6. The molecule has 2 heterocycles. The van der Waals surface area contributed by atoms with Crippen LogP contribution in [0.5, 0.6) is 0 Å². The summed E-state index contributed by atoms with van der Waals surface area (Å²) in [5.41, 5.74) is 2.34. The van der Waals surface area contributed by atoms with Gasteiger partial charge in [0, 0.05) is 31.4 Å². The predicted octanol–water partition coefficient (Wildman–Crippen LogP) is 3.29. The van der Waals surface area contributed by atoms with Gasteiger partial charge in [-0.15, -0.1) is 0 Å². The van der Waals surface area contributed by atoms with Crippen LogP contribution in [0.4, 0.5) is 20.6 Å². The first-order chi connectivity index (χ1) is 15.4. The van der Waals surface area contributed by atoms with E-state index in [-0.39, 0.29) is 24.2 Å². The van der Waals surface area contributed by atoms with Crippen molar-refractivity contribution in [2.45, 2.75) is 39.3 Å². The molecule has 1 fully saturated rings. The summed E-state index contributed by atoms with van der Waals surface area (Å²) in [4.78, 5) is 30.5. The summed E-state index contributed by atoms with van der Waals surface area (Å²) in [6, 6.07) is 7.73. The molecule has 1 aromatic heterocycles. The number of carbonyl (C=O) groups excluding carboxylic acids is 2. The van der Waals surface area contributed by atoms with Crippen LogP contribution in [0, 0.1) is 12.7 Å². The van der Waals surface area contributed by atoms with E-state index in [1.54, 1.807) is 30.5 Å². The van der Waals surface area contributed by atoms with Gasteiger partial charge < -0.3 is 20.7 Å². The molecule has 3 amide bonds. The Morgan fingerprint density at radius 2 is 2.09 bits per heavy atom. The first-order valence-electron chi connectivity index (χ1n) is 10.8. The Kier molecular flexibility index (Phi) is 8.52. The Morgan fingerprint density at radius 3 is 2.84 bits per heavy atom. The number of aryl methyl sites for hydroxylation is 1. The summed E-state index contributed by atoms with van der Waals surface area (Å²) in [5.74, 6) is -0.618. The SMILES string of the molecule is CCOCC(=O)N[C@H]1CCCN(Cc2ccc(F)c(NC(=O)Nc3ccc(C)nc3)c2)C1. The lowest BCUT2D eigenvalue weighted by Gasteiger charge is -2.33. The molecule has 1 aliphatic rings. The van der Waals surface area contributed by atoms with Crippen LogP contribution in [0.15, 0.2) is 36.5 Å². The van der Waals surface area contributed by atoms with Crippen LogP contribution in [0.3, 0.4) is 0 Å². The number of nitrogens with zero attached hydrogens (tertiary/aromatic N) is 2. The van der Waals surface area contributed by atoms with Crippen LogP contribution in [0.25, 0.3) is 0 Å². The molecule has 0 unspecified atom stereocenters. The third kappa shape index (κ3) is 7.28. The number of hydrogen-bond acceptors (Lipinski definition) is 5. The zero-order valence-electron chi connectivity index (χ0n) is 18.5. The number of anilines is 2. The van der Waals surface area contributed by atoms with Gasteiger partial charge in [0.2, 0.25) is 5.91 Å². The van der Waals surface area contributed by atoms with Crippen molar-refractivity contribution in [2.24, 2.45) is 0 Å². The maximum absolute atomic E-state index is 14.3. The van der Waals surface area contributed by atoms with Crippen molar-refractivity contribution in [1.82, 2.24) is 15.2 Å². The highest BCUT2D eigenvalue weighted by atomic mass is 19.1. The van der Waals surface area contributed by atoms with Gasteiger partial charge in [0.1, 0.15) is 12.4 Å². The second-order valence-electron chi connectivity index (χ2n) is 7.86. The van der Waals surface area contributed by atoms with Crippen LogP contribution < -0.4 is 16.0 Å². The van der Waals surface area contributed by atoms with Crippen LogP contribution >= 0.6 is 0 Å². The van der Waals surface area contributed by atoms with Crippen molar-refractivity contribution in [3.63, 3.8) is 0 Å². The molecule has 2 aromatic rings. The third-order valence-electron chi connectivity index (χ3n) is 5.16. The van der Waals surface area contributed by atoms with E-state index in [2.05, 4.69) is 25.8 Å². The number of rotatable bonds is 8.